The van der Waals surface area contributed by atoms with E-state index >= 15 is 0 Å². The third kappa shape index (κ3) is 5.94. The molecule has 5 nitrogen and oxygen atoms in total. The van der Waals surface area contributed by atoms with Crippen LogP contribution in [0.2, 0.25) is 0 Å². The fourth-order valence-corrected chi connectivity index (χ4v) is 2.62. The van der Waals surface area contributed by atoms with Crippen LogP contribution in [0.5, 0.6) is 0 Å². The predicted octanol–water partition coefficient (Wildman–Crippen LogP) is 2.37. The highest BCUT2D eigenvalue weighted by molar-refractivity contribution is 5.79. The van der Waals surface area contributed by atoms with E-state index in [1.54, 1.807) is 0 Å². The summed E-state index contributed by atoms with van der Waals surface area (Å²) in [6.07, 6.45) is 3.65. The molecule has 1 rings (SSSR count). The Morgan fingerprint density at radius 1 is 1.00 bits per heavy atom. The number of carbonyl (C=O) groups excluding carboxylic acids is 1. The average molecular weight is 297 g/mol. The first-order chi connectivity index (χ1) is 9.60. The number of aliphatic imine (C=N–C) groups is 1. The van der Waals surface area contributed by atoms with Crippen molar-refractivity contribution in [1.29, 1.82) is 0 Å². The highest BCUT2D eigenvalue weighted by Gasteiger charge is 2.30. The molecule has 0 bridgehead atoms. The van der Waals surface area contributed by atoms with Crippen LogP contribution in [-0.2, 0) is 9.53 Å². The Balaban J connectivity index is 2.56. The van der Waals surface area contributed by atoms with Gasteiger partial charge in [-0.2, -0.15) is 0 Å². The molecule has 0 aliphatic heterocycles. The molecule has 0 spiro atoms. The molecule has 0 amide bonds. The quantitative estimate of drug-likeness (QED) is 0.446. The van der Waals surface area contributed by atoms with E-state index in [2.05, 4.69) is 0 Å². The van der Waals surface area contributed by atoms with Crippen LogP contribution in [0.15, 0.2) is 4.99 Å². The van der Waals surface area contributed by atoms with Crippen molar-refractivity contribution in [2.45, 2.75) is 58.1 Å². The summed E-state index contributed by atoms with van der Waals surface area (Å²) in [6.45, 7) is 5.75. The summed E-state index contributed by atoms with van der Waals surface area (Å²) in [6, 6.07) is 0.309. The lowest BCUT2D eigenvalue weighted by Gasteiger charge is -2.30. The zero-order valence-electron chi connectivity index (χ0n) is 14.6. The van der Waals surface area contributed by atoms with Crippen LogP contribution in [0.4, 0.5) is 0 Å². The zero-order chi connectivity index (χ0) is 16.2. The smallest absolute Gasteiger partial charge is 0.309 e. The monoisotopic (exact) mass is 297 g/mol. The molecule has 5 heteroatoms. The minimum atomic E-state index is -0.394. The number of hydrogen-bond acceptors (Lipinski definition) is 3. The van der Waals surface area contributed by atoms with Crippen LogP contribution in [0, 0.1) is 5.92 Å². The second kappa shape index (κ2) is 7.14. The lowest BCUT2D eigenvalue weighted by atomic mass is 9.86. The summed E-state index contributed by atoms with van der Waals surface area (Å²) in [5.74, 6) is 0.971. The third-order valence-corrected chi connectivity index (χ3v) is 3.53. The van der Waals surface area contributed by atoms with Crippen LogP contribution < -0.4 is 0 Å². The van der Waals surface area contributed by atoms with E-state index in [9.17, 15) is 4.79 Å². The average Bonchev–Trinajstić information content (AvgIpc) is 2.33. The van der Waals surface area contributed by atoms with Crippen molar-refractivity contribution in [3.05, 3.63) is 0 Å². The summed E-state index contributed by atoms with van der Waals surface area (Å²) >= 11 is 0. The van der Waals surface area contributed by atoms with Gasteiger partial charge in [0.15, 0.2) is 5.96 Å². The van der Waals surface area contributed by atoms with E-state index in [1.807, 2.05) is 58.8 Å². The molecule has 0 saturated heterocycles. The SMILES string of the molecule is CN(C)C(=NC1CCC(C(=O)OC(C)(C)C)CC1)N(C)C. The van der Waals surface area contributed by atoms with Gasteiger partial charge < -0.3 is 14.5 Å². The maximum absolute atomic E-state index is 12.1. The molecule has 21 heavy (non-hydrogen) atoms. The molecule has 0 atom stereocenters. The molecule has 0 N–H and O–H groups in total. The zero-order valence-corrected chi connectivity index (χ0v) is 14.6. The second-order valence-corrected chi connectivity index (χ2v) is 7.26. The first-order valence-electron chi connectivity index (χ1n) is 7.75. The van der Waals surface area contributed by atoms with E-state index in [0.717, 1.165) is 31.6 Å². The first-order valence-corrected chi connectivity index (χ1v) is 7.75. The van der Waals surface area contributed by atoms with Crippen molar-refractivity contribution in [1.82, 2.24) is 9.80 Å². The fraction of sp³-hybridized carbons (Fsp3) is 0.875. The molecule has 0 heterocycles. The molecule has 0 unspecified atom stereocenters. The van der Waals surface area contributed by atoms with Gasteiger partial charge in [-0.3, -0.25) is 4.79 Å². The molecule has 0 aromatic heterocycles. The maximum atomic E-state index is 12.1. The molecule has 1 fully saturated rings. The van der Waals surface area contributed by atoms with Crippen molar-refractivity contribution in [2.75, 3.05) is 28.2 Å². The number of guanidine groups is 1. The van der Waals surface area contributed by atoms with Gasteiger partial charge in [0.2, 0.25) is 0 Å². The van der Waals surface area contributed by atoms with E-state index in [-0.39, 0.29) is 11.9 Å². The van der Waals surface area contributed by atoms with Gasteiger partial charge >= 0.3 is 5.97 Å². The Morgan fingerprint density at radius 2 is 1.48 bits per heavy atom. The van der Waals surface area contributed by atoms with Gasteiger partial charge in [0.25, 0.3) is 0 Å². The van der Waals surface area contributed by atoms with Crippen molar-refractivity contribution in [2.24, 2.45) is 10.9 Å². The first kappa shape index (κ1) is 17.8. The van der Waals surface area contributed by atoms with Crippen LogP contribution in [0.1, 0.15) is 46.5 Å². The topological polar surface area (TPSA) is 45.1 Å². The van der Waals surface area contributed by atoms with E-state index in [0.29, 0.717) is 6.04 Å². The number of ether oxygens (including phenoxy) is 1. The molecular weight excluding hydrogens is 266 g/mol. The Kier molecular flexibility index (Phi) is 6.05. The molecule has 0 radical (unpaired) electrons. The third-order valence-electron chi connectivity index (χ3n) is 3.53. The van der Waals surface area contributed by atoms with Crippen molar-refractivity contribution >= 4 is 11.9 Å². The van der Waals surface area contributed by atoms with Crippen LogP contribution in [0.25, 0.3) is 0 Å². The van der Waals surface area contributed by atoms with Crippen molar-refractivity contribution in [3.63, 3.8) is 0 Å². The molecule has 122 valence electrons. The molecule has 1 saturated carbocycles. The van der Waals surface area contributed by atoms with Crippen molar-refractivity contribution < 1.29 is 9.53 Å². The van der Waals surface area contributed by atoms with Crippen LogP contribution >= 0.6 is 0 Å². The lowest BCUT2D eigenvalue weighted by molar-refractivity contribution is -0.161. The molecular formula is C16H31N3O2. The van der Waals surface area contributed by atoms with Gasteiger partial charge in [0, 0.05) is 28.2 Å². The van der Waals surface area contributed by atoms with Gasteiger partial charge in [-0.05, 0) is 46.5 Å². The van der Waals surface area contributed by atoms with E-state index in [4.69, 9.17) is 9.73 Å². The summed E-state index contributed by atoms with van der Waals surface area (Å²) in [4.78, 5) is 21.0. The largest absolute Gasteiger partial charge is 0.460 e. The summed E-state index contributed by atoms with van der Waals surface area (Å²) < 4.78 is 5.48. The number of carbonyl (C=O) groups is 1. The predicted molar refractivity (Wildman–Crippen MR) is 86.4 cm³/mol. The highest BCUT2D eigenvalue weighted by Crippen LogP contribution is 2.28. The van der Waals surface area contributed by atoms with Gasteiger partial charge in [-0.25, -0.2) is 4.99 Å². The molecule has 0 aromatic rings. The van der Waals surface area contributed by atoms with Crippen LogP contribution in [0.3, 0.4) is 0 Å². The summed E-state index contributed by atoms with van der Waals surface area (Å²) in [5, 5.41) is 0. The van der Waals surface area contributed by atoms with Gasteiger partial charge in [0.1, 0.15) is 5.60 Å². The molecule has 1 aliphatic carbocycles. The Bertz CT molecular complexity index is 365. The number of hydrogen-bond donors (Lipinski definition) is 0. The second-order valence-electron chi connectivity index (χ2n) is 7.26. The standard InChI is InChI=1S/C16H31N3O2/c1-16(2,3)21-14(20)12-8-10-13(11-9-12)17-15(18(4)5)19(6)7/h12-13H,8-11H2,1-7H3. The van der Waals surface area contributed by atoms with Crippen LogP contribution in [-0.4, -0.2) is 61.6 Å². The normalized spacial score (nSPS) is 22.4. The summed E-state index contributed by atoms with van der Waals surface area (Å²) in [7, 11) is 8.02. The fourth-order valence-electron chi connectivity index (χ4n) is 2.62. The minimum absolute atomic E-state index is 0.0397. The van der Waals surface area contributed by atoms with Crippen molar-refractivity contribution in [3.8, 4) is 0 Å². The van der Waals surface area contributed by atoms with Gasteiger partial charge in [-0.1, -0.05) is 0 Å². The van der Waals surface area contributed by atoms with E-state index in [1.165, 1.54) is 0 Å². The number of rotatable bonds is 2. The Labute approximate surface area is 129 Å². The summed E-state index contributed by atoms with van der Waals surface area (Å²) in [5.41, 5.74) is -0.394. The van der Waals surface area contributed by atoms with Gasteiger partial charge in [0.05, 0.1) is 12.0 Å². The lowest BCUT2D eigenvalue weighted by Crippen LogP contribution is -2.37. The minimum Gasteiger partial charge on any atom is -0.460 e. The molecule has 0 aromatic carbocycles. The number of esters is 1. The highest BCUT2D eigenvalue weighted by atomic mass is 16.6. The van der Waals surface area contributed by atoms with Gasteiger partial charge in [-0.15, -0.1) is 0 Å². The Morgan fingerprint density at radius 3 is 1.86 bits per heavy atom. The maximum Gasteiger partial charge on any atom is 0.309 e. The Hall–Kier alpha value is -1.26. The van der Waals surface area contributed by atoms with E-state index < -0.39 is 5.60 Å². The molecule has 1 aliphatic rings. The number of nitrogens with zero attached hydrogens (tertiary/aromatic N) is 3.